The van der Waals surface area contributed by atoms with Gasteiger partial charge in [-0.1, -0.05) is 13.0 Å². The highest BCUT2D eigenvalue weighted by Crippen LogP contribution is 2.48. The summed E-state index contributed by atoms with van der Waals surface area (Å²) < 4.78 is 6.37. The van der Waals surface area contributed by atoms with Gasteiger partial charge in [0.15, 0.2) is 0 Å². The fraction of sp³-hybridized carbons (Fsp3) is 0.667. The Bertz CT molecular complexity index is 229. The Morgan fingerprint density at radius 2 is 2.00 bits per heavy atom. The molecule has 0 N–H and O–H groups in total. The standard InChI is InChI=1S/C9H12OS2/c1-7-9(10-8(11)12-7)5-3-2-4-6-9/h1-6H2. The summed E-state index contributed by atoms with van der Waals surface area (Å²) in [5.41, 5.74) is -0.0694. The summed E-state index contributed by atoms with van der Waals surface area (Å²) in [5.74, 6) is 0. The van der Waals surface area contributed by atoms with E-state index in [9.17, 15) is 0 Å². The number of thiocarbonyl (C=S) groups is 1. The molecule has 0 unspecified atom stereocenters. The largest absolute Gasteiger partial charge is 0.466 e. The molecule has 2 fully saturated rings. The second kappa shape index (κ2) is 3.04. The van der Waals surface area contributed by atoms with E-state index in [0.717, 1.165) is 17.7 Å². The van der Waals surface area contributed by atoms with Crippen LogP contribution in [0.15, 0.2) is 11.5 Å². The van der Waals surface area contributed by atoms with E-state index in [1.807, 2.05) is 0 Å². The highest BCUT2D eigenvalue weighted by atomic mass is 32.2. The lowest BCUT2D eigenvalue weighted by atomic mass is 9.84. The van der Waals surface area contributed by atoms with Crippen LogP contribution in [-0.2, 0) is 4.74 Å². The van der Waals surface area contributed by atoms with Gasteiger partial charge in [0.2, 0.25) is 4.38 Å². The fourth-order valence-corrected chi connectivity index (χ4v) is 3.23. The average Bonchev–Trinajstić information content (AvgIpc) is 2.29. The molecule has 1 heterocycles. The van der Waals surface area contributed by atoms with E-state index in [-0.39, 0.29) is 5.60 Å². The van der Waals surface area contributed by atoms with Crippen molar-refractivity contribution in [2.24, 2.45) is 0 Å². The smallest absolute Gasteiger partial charge is 0.225 e. The number of hydrogen-bond acceptors (Lipinski definition) is 3. The summed E-state index contributed by atoms with van der Waals surface area (Å²) in [7, 11) is 0. The molecule has 1 saturated carbocycles. The van der Waals surface area contributed by atoms with Gasteiger partial charge in [0, 0.05) is 4.91 Å². The summed E-state index contributed by atoms with van der Waals surface area (Å²) >= 11 is 6.57. The zero-order valence-corrected chi connectivity index (χ0v) is 8.60. The predicted molar refractivity (Wildman–Crippen MR) is 56.2 cm³/mol. The first-order chi connectivity index (χ1) is 5.73. The van der Waals surface area contributed by atoms with Gasteiger partial charge in [-0.2, -0.15) is 0 Å². The van der Waals surface area contributed by atoms with Crippen molar-refractivity contribution in [3.63, 3.8) is 0 Å². The summed E-state index contributed by atoms with van der Waals surface area (Å²) in [4.78, 5) is 1.13. The van der Waals surface area contributed by atoms with Crippen LogP contribution in [0.2, 0.25) is 0 Å². The van der Waals surface area contributed by atoms with Crippen molar-refractivity contribution in [1.82, 2.24) is 0 Å². The molecule has 0 atom stereocenters. The normalized spacial score (nSPS) is 27.7. The Labute approximate surface area is 82.6 Å². The van der Waals surface area contributed by atoms with E-state index < -0.39 is 0 Å². The molecule has 12 heavy (non-hydrogen) atoms. The first-order valence-electron chi connectivity index (χ1n) is 4.33. The van der Waals surface area contributed by atoms with Crippen LogP contribution in [-0.4, -0.2) is 9.98 Å². The highest BCUT2D eigenvalue weighted by Gasteiger charge is 2.43. The Morgan fingerprint density at radius 1 is 1.33 bits per heavy atom. The number of hydrogen-bond donors (Lipinski definition) is 0. The minimum atomic E-state index is -0.0694. The molecular formula is C9H12OS2. The third kappa shape index (κ3) is 1.29. The molecule has 2 aliphatic rings. The Morgan fingerprint density at radius 3 is 2.50 bits per heavy atom. The maximum atomic E-state index is 5.70. The molecule has 1 aliphatic heterocycles. The molecule has 2 rings (SSSR count). The van der Waals surface area contributed by atoms with Crippen molar-refractivity contribution in [3.8, 4) is 0 Å². The molecule has 0 aromatic rings. The van der Waals surface area contributed by atoms with Gasteiger partial charge in [-0.05, 0) is 49.7 Å². The van der Waals surface area contributed by atoms with E-state index in [2.05, 4.69) is 6.58 Å². The van der Waals surface area contributed by atoms with E-state index in [1.54, 1.807) is 11.8 Å². The zero-order valence-electron chi connectivity index (χ0n) is 6.97. The predicted octanol–water partition coefficient (Wildman–Crippen LogP) is 3.25. The number of ether oxygens (including phenoxy) is 1. The second-order valence-corrected chi connectivity index (χ2v) is 5.13. The molecule has 1 saturated heterocycles. The van der Waals surface area contributed by atoms with Gasteiger partial charge in [-0.3, -0.25) is 0 Å². The molecule has 0 aromatic heterocycles. The molecule has 1 spiro atoms. The van der Waals surface area contributed by atoms with Crippen molar-refractivity contribution >= 4 is 28.4 Å². The Balaban J connectivity index is 2.18. The Hall–Kier alpha value is -0.0200. The fourth-order valence-electron chi connectivity index (χ4n) is 1.93. The van der Waals surface area contributed by atoms with Crippen molar-refractivity contribution in [2.45, 2.75) is 37.7 Å². The average molecular weight is 200 g/mol. The van der Waals surface area contributed by atoms with Gasteiger partial charge < -0.3 is 4.74 Å². The Kier molecular flexibility index (Phi) is 2.17. The van der Waals surface area contributed by atoms with Gasteiger partial charge >= 0.3 is 0 Å². The number of thioether (sulfide) groups is 1. The summed E-state index contributed by atoms with van der Waals surface area (Å²) in [6.07, 6.45) is 6.05. The monoisotopic (exact) mass is 200 g/mol. The van der Waals surface area contributed by atoms with Crippen LogP contribution in [0.4, 0.5) is 0 Å². The minimum absolute atomic E-state index is 0.0694. The maximum Gasteiger partial charge on any atom is 0.225 e. The van der Waals surface area contributed by atoms with E-state index in [4.69, 9.17) is 17.0 Å². The molecule has 3 heteroatoms. The van der Waals surface area contributed by atoms with Gasteiger partial charge in [0.25, 0.3) is 0 Å². The van der Waals surface area contributed by atoms with Crippen molar-refractivity contribution in [2.75, 3.05) is 0 Å². The van der Waals surface area contributed by atoms with Gasteiger partial charge in [0.05, 0.1) is 0 Å². The topological polar surface area (TPSA) is 9.23 Å². The lowest BCUT2D eigenvalue weighted by Crippen LogP contribution is -2.32. The second-order valence-electron chi connectivity index (χ2n) is 3.43. The van der Waals surface area contributed by atoms with Crippen LogP contribution in [0.1, 0.15) is 32.1 Å². The lowest BCUT2D eigenvalue weighted by Gasteiger charge is -2.32. The third-order valence-electron chi connectivity index (χ3n) is 2.65. The quantitative estimate of drug-likeness (QED) is 0.555. The summed E-state index contributed by atoms with van der Waals surface area (Å²) in [5, 5.41) is 0. The molecule has 66 valence electrons. The van der Waals surface area contributed by atoms with Gasteiger partial charge in [0.1, 0.15) is 5.60 Å². The van der Waals surface area contributed by atoms with Crippen LogP contribution in [0.3, 0.4) is 0 Å². The first kappa shape index (κ1) is 8.57. The van der Waals surface area contributed by atoms with Crippen molar-refractivity contribution in [1.29, 1.82) is 0 Å². The van der Waals surface area contributed by atoms with Gasteiger partial charge in [-0.15, -0.1) is 0 Å². The number of rotatable bonds is 0. The van der Waals surface area contributed by atoms with Crippen LogP contribution in [0, 0.1) is 0 Å². The molecular weight excluding hydrogens is 188 g/mol. The minimum Gasteiger partial charge on any atom is -0.466 e. The lowest BCUT2D eigenvalue weighted by molar-refractivity contribution is 0.0764. The van der Waals surface area contributed by atoms with E-state index in [1.165, 1.54) is 19.3 Å². The first-order valence-corrected chi connectivity index (χ1v) is 5.56. The van der Waals surface area contributed by atoms with E-state index in [0.29, 0.717) is 4.38 Å². The summed E-state index contributed by atoms with van der Waals surface area (Å²) in [6.45, 7) is 4.03. The molecule has 0 amide bonds. The maximum absolute atomic E-state index is 5.70. The van der Waals surface area contributed by atoms with Crippen LogP contribution in [0.5, 0.6) is 0 Å². The SMILES string of the molecule is C=C1SC(=S)OC12CCCCC2. The molecule has 0 bridgehead atoms. The van der Waals surface area contributed by atoms with Crippen LogP contribution >= 0.6 is 24.0 Å². The summed E-state index contributed by atoms with van der Waals surface area (Å²) in [6, 6.07) is 0. The molecule has 0 radical (unpaired) electrons. The molecule has 0 aromatic carbocycles. The van der Waals surface area contributed by atoms with Gasteiger partial charge in [-0.25, -0.2) is 0 Å². The molecule has 1 nitrogen and oxygen atoms in total. The van der Waals surface area contributed by atoms with Crippen LogP contribution in [0.25, 0.3) is 0 Å². The van der Waals surface area contributed by atoms with Crippen molar-refractivity contribution < 1.29 is 4.74 Å². The molecule has 1 aliphatic carbocycles. The van der Waals surface area contributed by atoms with Crippen LogP contribution < -0.4 is 0 Å². The third-order valence-corrected chi connectivity index (χ3v) is 3.86. The zero-order chi connectivity index (χ0) is 8.60. The van der Waals surface area contributed by atoms with E-state index >= 15 is 0 Å². The highest BCUT2D eigenvalue weighted by molar-refractivity contribution is 8.25. The van der Waals surface area contributed by atoms with Crippen molar-refractivity contribution in [3.05, 3.63) is 11.5 Å².